The molecule has 0 fully saturated rings. The summed E-state index contributed by atoms with van der Waals surface area (Å²) in [6.45, 7) is 5.72. The molecule has 0 unspecified atom stereocenters. The van der Waals surface area contributed by atoms with Crippen molar-refractivity contribution in [1.29, 1.82) is 0 Å². The zero-order valence-corrected chi connectivity index (χ0v) is 11.7. The Morgan fingerprint density at radius 3 is 1.71 bits per heavy atom. The molecular formula is C4H9SZn2-. The van der Waals surface area contributed by atoms with E-state index in [-0.39, 0.29) is 19.5 Å². The first-order chi connectivity index (χ1) is 2.91. The normalized spacial score (nSPS) is 5.14. The van der Waals surface area contributed by atoms with E-state index in [9.17, 15) is 0 Å². The Labute approximate surface area is 72.5 Å². The first-order valence-corrected chi connectivity index (χ1v) is 6.21. The van der Waals surface area contributed by atoms with E-state index in [0.29, 0.717) is 0 Å². The molecule has 0 rings (SSSR count). The van der Waals surface area contributed by atoms with Crippen molar-refractivity contribution in [3.8, 4) is 0 Å². The molecule has 7 heavy (non-hydrogen) atoms. The van der Waals surface area contributed by atoms with Gasteiger partial charge in [-0.15, -0.1) is 0 Å². The summed E-state index contributed by atoms with van der Waals surface area (Å²) in [6.07, 6.45) is 2.28. The van der Waals surface area contributed by atoms with E-state index in [1.165, 1.54) is 6.42 Å². The smallest absolute Gasteiger partial charge is 0 e. The Morgan fingerprint density at radius 2 is 1.71 bits per heavy atom. The van der Waals surface area contributed by atoms with E-state index < -0.39 is 0 Å². The summed E-state index contributed by atoms with van der Waals surface area (Å²) in [5.41, 5.74) is 0. The predicted molar refractivity (Wildman–Crippen MR) is 27.9 cm³/mol. The molecule has 0 heterocycles. The Balaban J connectivity index is -0.0000000480. The molecule has 0 aliphatic rings. The van der Waals surface area contributed by atoms with Crippen molar-refractivity contribution in [2.75, 3.05) is 0 Å². The van der Waals surface area contributed by atoms with Crippen LogP contribution in [0.5, 0.6) is 0 Å². The molecule has 36 valence electrons. The molecule has 0 aromatic rings. The van der Waals surface area contributed by atoms with Gasteiger partial charge in [-0.3, -0.25) is 0 Å². The minimum Gasteiger partial charge on any atom is 0 e. The van der Waals surface area contributed by atoms with Crippen LogP contribution in [-0.4, -0.2) is 0 Å². The average Bonchev–Trinajstić information content (AvgIpc) is 1.72. The van der Waals surface area contributed by atoms with Gasteiger partial charge in [-0.05, 0) is 0 Å². The minimum atomic E-state index is 0. The van der Waals surface area contributed by atoms with Crippen molar-refractivity contribution in [2.24, 2.45) is 0 Å². The maximum absolute atomic E-state index is 4.21. The van der Waals surface area contributed by atoms with Crippen LogP contribution in [0.3, 0.4) is 0 Å². The summed E-state index contributed by atoms with van der Waals surface area (Å²) in [5.74, 6) is 0. The van der Waals surface area contributed by atoms with Gasteiger partial charge in [-0.2, -0.15) is 6.42 Å². The molecule has 0 aliphatic carbocycles. The number of unbranched alkanes of at least 4 members (excludes halogenated alkanes) is 1. The molecule has 0 saturated heterocycles. The number of hydrogen-bond donors (Lipinski definition) is 0. The van der Waals surface area contributed by atoms with Gasteiger partial charge in [-0.25, -0.2) is 0 Å². The Kier molecular flexibility index (Phi) is 58.6. The second-order valence-corrected chi connectivity index (χ2v) is 0.854. The molecule has 0 atom stereocenters. The first kappa shape index (κ1) is 15.8. The van der Waals surface area contributed by atoms with Gasteiger partial charge >= 0.3 is 26.7 Å². The second-order valence-electron chi connectivity index (χ2n) is 0.854. The van der Waals surface area contributed by atoms with Gasteiger partial charge < -0.3 is 6.92 Å². The monoisotopic (exact) mass is 217 g/mol. The van der Waals surface area contributed by atoms with E-state index >= 15 is 0 Å². The Morgan fingerprint density at radius 1 is 1.57 bits per heavy atom. The summed E-state index contributed by atoms with van der Waals surface area (Å²) >= 11 is 0.958. The van der Waals surface area contributed by atoms with Crippen LogP contribution < -0.4 is 0 Å². The molecule has 0 N–H and O–H groups in total. The van der Waals surface area contributed by atoms with Crippen LogP contribution in [0.15, 0.2) is 0 Å². The number of rotatable bonds is 1. The molecule has 0 aromatic heterocycles. The van der Waals surface area contributed by atoms with Crippen molar-refractivity contribution in [3.63, 3.8) is 0 Å². The van der Waals surface area contributed by atoms with Crippen molar-refractivity contribution in [3.05, 3.63) is 6.92 Å². The van der Waals surface area contributed by atoms with Crippen molar-refractivity contribution in [1.82, 2.24) is 0 Å². The molecule has 0 amide bonds. The van der Waals surface area contributed by atoms with E-state index in [2.05, 4.69) is 24.0 Å². The van der Waals surface area contributed by atoms with Crippen molar-refractivity contribution in [2.45, 2.75) is 19.8 Å². The molecule has 0 nitrogen and oxygen atoms in total. The molecular weight excluding hydrogens is 211 g/mol. The number of hydrogen-bond acceptors (Lipinski definition) is 1. The fraction of sp³-hybridized carbons (Fsp3) is 0.750. The summed E-state index contributed by atoms with van der Waals surface area (Å²) in [4.78, 5) is 0. The van der Waals surface area contributed by atoms with E-state index in [1.54, 1.807) is 0 Å². The van der Waals surface area contributed by atoms with Crippen LogP contribution in [0.4, 0.5) is 0 Å². The van der Waals surface area contributed by atoms with Crippen LogP contribution in [0.25, 0.3) is 0 Å². The van der Waals surface area contributed by atoms with Gasteiger partial charge in [0, 0.05) is 19.5 Å². The molecule has 0 aromatic carbocycles. The maximum atomic E-state index is 4.21. The predicted octanol–water partition coefficient (Wildman–Crippen LogP) is 2.26. The van der Waals surface area contributed by atoms with Gasteiger partial charge in [0.05, 0.1) is 0 Å². The fourth-order valence-corrected chi connectivity index (χ4v) is 0. The SMILES string of the molecule is [CH2-]CCC.[S]=[Zn].[Zn]. The van der Waals surface area contributed by atoms with Crippen LogP contribution in [0.2, 0.25) is 0 Å². The average molecular weight is 220 g/mol. The first-order valence-electron chi connectivity index (χ1n) is 2.00. The van der Waals surface area contributed by atoms with E-state index in [0.717, 1.165) is 23.0 Å². The Hall–Kier alpha value is 1.47. The fourth-order valence-electron chi connectivity index (χ4n) is 0. The Bertz CT molecular complexity index is 17.2. The van der Waals surface area contributed by atoms with Crippen molar-refractivity contribution >= 4 is 10.1 Å². The third-order valence-electron chi connectivity index (χ3n) is 0.354. The summed E-state index contributed by atoms with van der Waals surface area (Å²) in [6, 6.07) is 0. The molecule has 0 bridgehead atoms. The summed E-state index contributed by atoms with van der Waals surface area (Å²) in [5, 5.41) is 0. The zero-order chi connectivity index (χ0) is 5.41. The minimum absolute atomic E-state index is 0. The standard InChI is InChI=1S/C4H9.S.2Zn/c1-3-4-2;;;/h1,3-4H2,2H3;;;/q-1;;;. The molecule has 0 saturated carbocycles. The van der Waals surface area contributed by atoms with Crippen LogP contribution in [-0.2, 0) is 36.0 Å². The third kappa shape index (κ3) is 36.7. The molecule has 0 radical (unpaired) electrons. The molecule has 3 heteroatoms. The van der Waals surface area contributed by atoms with Gasteiger partial charge in [-0.1, -0.05) is 13.3 Å². The van der Waals surface area contributed by atoms with E-state index in [4.69, 9.17) is 0 Å². The third-order valence-corrected chi connectivity index (χ3v) is 0.354. The van der Waals surface area contributed by atoms with Crippen LogP contribution >= 0.6 is 10.1 Å². The quantitative estimate of drug-likeness (QED) is 0.482. The van der Waals surface area contributed by atoms with Crippen LogP contribution in [0, 0.1) is 6.92 Å². The topological polar surface area (TPSA) is 0 Å². The van der Waals surface area contributed by atoms with Crippen LogP contribution in [0.1, 0.15) is 19.8 Å². The summed E-state index contributed by atoms with van der Waals surface area (Å²) < 4.78 is 0. The molecule has 0 aliphatic heterocycles. The van der Waals surface area contributed by atoms with Gasteiger partial charge in [0.25, 0.3) is 0 Å². The van der Waals surface area contributed by atoms with Gasteiger partial charge in [0.15, 0.2) is 0 Å². The maximum Gasteiger partial charge on any atom is 0 e. The van der Waals surface area contributed by atoms with Gasteiger partial charge in [0.1, 0.15) is 0 Å². The molecule has 0 spiro atoms. The van der Waals surface area contributed by atoms with Gasteiger partial charge in [0.2, 0.25) is 0 Å². The summed E-state index contributed by atoms with van der Waals surface area (Å²) in [7, 11) is 4.21. The largest absolute Gasteiger partial charge is 0 e. The zero-order valence-electron chi connectivity index (χ0n) is 4.94. The van der Waals surface area contributed by atoms with Crippen molar-refractivity contribution < 1.29 is 36.0 Å². The second kappa shape index (κ2) is 26.0. The van der Waals surface area contributed by atoms with E-state index in [1.807, 2.05) is 0 Å².